The van der Waals surface area contributed by atoms with Crippen LogP contribution in [-0.2, 0) is 11.3 Å². The lowest BCUT2D eigenvalue weighted by molar-refractivity contribution is -0.114. The zero-order valence-electron chi connectivity index (χ0n) is 10.9. The molecular formula is C15H14BrClN2O. The topological polar surface area (TPSA) is 41.1 Å². The van der Waals surface area contributed by atoms with Crippen LogP contribution in [0.2, 0.25) is 5.02 Å². The third-order valence-electron chi connectivity index (χ3n) is 2.70. The normalized spacial score (nSPS) is 10.2. The Hall–Kier alpha value is -1.52. The van der Waals surface area contributed by atoms with Crippen molar-refractivity contribution in [3.8, 4) is 0 Å². The zero-order chi connectivity index (χ0) is 14.5. The van der Waals surface area contributed by atoms with E-state index in [1.54, 1.807) is 0 Å². The van der Waals surface area contributed by atoms with E-state index in [-0.39, 0.29) is 5.91 Å². The van der Waals surface area contributed by atoms with Crippen LogP contribution in [0.1, 0.15) is 12.5 Å². The summed E-state index contributed by atoms with van der Waals surface area (Å²) in [5.41, 5.74) is 2.77. The summed E-state index contributed by atoms with van der Waals surface area (Å²) in [5, 5.41) is 6.75. The van der Waals surface area contributed by atoms with Crippen LogP contribution in [0.5, 0.6) is 0 Å². The molecule has 0 bridgehead atoms. The van der Waals surface area contributed by atoms with Gasteiger partial charge in [-0.1, -0.05) is 27.5 Å². The second-order valence-electron chi connectivity index (χ2n) is 4.35. The van der Waals surface area contributed by atoms with E-state index in [9.17, 15) is 4.79 Å². The van der Waals surface area contributed by atoms with Gasteiger partial charge in [0.1, 0.15) is 0 Å². The van der Waals surface area contributed by atoms with E-state index in [0.29, 0.717) is 6.54 Å². The molecule has 0 atom stereocenters. The number of amides is 1. The van der Waals surface area contributed by atoms with Gasteiger partial charge in [0.25, 0.3) is 0 Å². The average Bonchev–Trinajstić information content (AvgIpc) is 2.41. The average molecular weight is 354 g/mol. The minimum Gasteiger partial charge on any atom is -0.381 e. The first-order chi connectivity index (χ1) is 9.54. The molecule has 2 N–H and O–H groups in total. The highest BCUT2D eigenvalue weighted by atomic mass is 79.9. The van der Waals surface area contributed by atoms with E-state index >= 15 is 0 Å². The Labute approximate surface area is 131 Å². The van der Waals surface area contributed by atoms with Crippen LogP contribution in [0.3, 0.4) is 0 Å². The number of benzene rings is 2. The highest BCUT2D eigenvalue weighted by molar-refractivity contribution is 9.10. The fourth-order valence-corrected chi connectivity index (χ4v) is 2.34. The summed E-state index contributed by atoms with van der Waals surface area (Å²) in [6, 6.07) is 13.3. The molecule has 0 saturated heterocycles. The predicted molar refractivity (Wildman–Crippen MR) is 87.2 cm³/mol. The maximum Gasteiger partial charge on any atom is 0.221 e. The number of hydrogen-bond acceptors (Lipinski definition) is 2. The molecule has 0 saturated carbocycles. The number of nitrogens with one attached hydrogen (secondary N) is 2. The second-order valence-corrected chi connectivity index (χ2v) is 5.67. The number of anilines is 2. The minimum absolute atomic E-state index is 0.0772. The van der Waals surface area contributed by atoms with Crippen molar-refractivity contribution in [3.63, 3.8) is 0 Å². The predicted octanol–water partition coefficient (Wildman–Crippen LogP) is 4.67. The van der Waals surface area contributed by atoms with E-state index in [0.717, 1.165) is 26.4 Å². The van der Waals surface area contributed by atoms with Crippen molar-refractivity contribution in [1.29, 1.82) is 0 Å². The molecule has 0 aromatic heterocycles. The molecule has 0 fully saturated rings. The van der Waals surface area contributed by atoms with Gasteiger partial charge in [-0.15, -0.1) is 0 Å². The molecule has 0 aliphatic rings. The van der Waals surface area contributed by atoms with Gasteiger partial charge in [0.2, 0.25) is 5.91 Å². The van der Waals surface area contributed by atoms with Crippen molar-refractivity contribution < 1.29 is 4.79 Å². The second kappa shape index (κ2) is 6.77. The number of carbonyl (C=O) groups is 1. The number of rotatable bonds is 4. The van der Waals surface area contributed by atoms with Crippen LogP contribution >= 0.6 is 27.5 Å². The molecule has 1 amide bonds. The van der Waals surface area contributed by atoms with Gasteiger partial charge in [-0.05, 0) is 48.0 Å². The Morgan fingerprint density at radius 1 is 1.15 bits per heavy atom. The van der Waals surface area contributed by atoms with Gasteiger partial charge in [-0.3, -0.25) is 4.79 Å². The molecule has 0 heterocycles. The lowest BCUT2D eigenvalue weighted by atomic mass is 10.2. The van der Waals surface area contributed by atoms with Crippen molar-refractivity contribution >= 4 is 44.8 Å². The summed E-state index contributed by atoms with van der Waals surface area (Å²) in [6.45, 7) is 2.12. The van der Waals surface area contributed by atoms with Crippen LogP contribution in [0, 0.1) is 0 Å². The SMILES string of the molecule is CC(=O)Nc1ccc(NCc2cc(Br)ccc2Cl)cc1. The van der Waals surface area contributed by atoms with Crippen LogP contribution in [0.15, 0.2) is 46.9 Å². The van der Waals surface area contributed by atoms with E-state index in [1.807, 2.05) is 42.5 Å². The van der Waals surface area contributed by atoms with Crippen molar-refractivity contribution in [1.82, 2.24) is 0 Å². The highest BCUT2D eigenvalue weighted by Gasteiger charge is 2.02. The Morgan fingerprint density at radius 3 is 2.45 bits per heavy atom. The fourth-order valence-electron chi connectivity index (χ4n) is 1.75. The van der Waals surface area contributed by atoms with Gasteiger partial charge in [0.05, 0.1) is 0 Å². The van der Waals surface area contributed by atoms with Crippen LogP contribution < -0.4 is 10.6 Å². The molecule has 104 valence electrons. The third-order valence-corrected chi connectivity index (χ3v) is 3.56. The summed E-state index contributed by atoms with van der Waals surface area (Å²) in [6.07, 6.45) is 0. The molecule has 3 nitrogen and oxygen atoms in total. The van der Waals surface area contributed by atoms with Crippen LogP contribution in [-0.4, -0.2) is 5.91 Å². The number of halogens is 2. The van der Waals surface area contributed by atoms with Crippen LogP contribution in [0.25, 0.3) is 0 Å². The van der Waals surface area contributed by atoms with Crippen molar-refractivity contribution in [2.24, 2.45) is 0 Å². The molecular weight excluding hydrogens is 340 g/mol. The molecule has 0 spiro atoms. The van der Waals surface area contributed by atoms with E-state index in [1.165, 1.54) is 6.92 Å². The van der Waals surface area contributed by atoms with Gasteiger partial charge in [-0.25, -0.2) is 0 Å². The van der Waals surface area contributed by atoms with Crippen molar-refractivity contribution in [3.05, 3.63) is 57.5 Å². The fraction of sp³-hybridized carbons (Fsp3) is 0.133. The molecule has 0 aliphatic heterocycles. The van der Waals surface area contributed by atoms with E-state index in [4.69, 9.17) is 11.6 Å². The smallest absolute Gasteiger partial charge is 0.221 e. The lowest BCUT2D eigenvalue weighted by Gasteiger charge is -2.09. The Bertz CT molecular complexity index is 614. The Balaban J connectivity index is 2.00. The molecule has 2 rings (SSSR count). The Kier molecular flexibility index (Phi) is 5.04. The van der Waals surface area contributed by atoms with Gasteiger partial charge in [0.15, 0.2) is 0 Å². The highest BCUT2D eigenvalue weighted by Crippen LogP contribution is 2.22. The Morgan fingerprint density at radius 2 is 1.80 bits per heavy atom. The van der Waals surface area contributed by atoms with Crippen molar-refractivity contribution in [2.45, 2.75) is 13.5 Å². The standard InChI is InChI=1S/C15H14BrClN2O/c1-10(20)19-14-5-3-13(4-6-14)18-9-11-8-12(16)2-7-15(11)17/h2-8,18H,9H2,1H3,(H,19,20). The maximum atomic E-state index is 10.9. The van der Waals surface area contributed by atoms with Crippen LogP contribution in [0.4, 0.5) is 11.4 Å². The number of hydrogen-bond donors (Lipinski definition) is 2. The largest absolute Gasteiger partial charge is 0.381 e. The zero-order valence-corrected chi connectivity index (χ0v) is 13.3. The van der Waals surface area contributed by atoms with Gasteiger partial charge in [-0.2, -0.15) is 0 Å². The first-order valence-electron chi connectivity index (χ1n) is 6.10. The summed E-state index contributed by atoms with van der Waals surface area (Å²) >= 11 is 9.56. The molecule has 2 aromatic carbocycles. The summed E-state index contributed by atoms with van der Waals surface area (Å²) in [7, 11) is 0. The number of carbonyl (C=O) groups excluding carboxylic acids is 1. The molecule has 0 radical (unpaired) electrons. The molecule has 0 aliphatic carbocycles. The molecule has 2 aromatic rings. The van der Waals surface area contributed by atoms with Gasteiger partial charge >= 0.3 is 0 Å². The minimum atomic E-state index is -0.0772. The van der Waals surface area contributed by atoms with Crippen molar-refractivity contribution in [2.75, 3.05) is 10.6 Å². The van der Waals surface area contributed by atoms with E-state index in [2.05, 4.69) is 26.6 Å². The quantitative estimate of drug-likeness (QED) is 0.838. The summed E-state index contributed by atoms with van der Waals surface area (Å²) < 4.78 is 1.000. The van der Waals surface area contributed by atoms with Gasteiger partial charge in [0, 0.05) is 34.3 Å². The summed E-state index contributed by atoms with van der Waals surface area (Å²) in [4.78, 5) is 10.9. The third kappa shape index (κ3) is 4.25. The summed E-state index contributed by atoms with van der Waals surface area (Å²) in [5.74, 6) is -0.0772. The first-order valence-corrected chi connectivity index (χ1v) is 7.27. The maximum absolute atomic E-state index is 10.9. The first kappa shape index (κ1) is 14.9. The van der Waals surface area contributed by atoms with E-state index < -0.39 is 0 Å². The molecule has 20 heavy (non-hydrogen) atoms. The molecule has 0 unspecified atom stereocenters. The monoisotopic (exact) mass is 352 g/mol. The van der Waals surface area contributed by atoms with Gasteiger partial charge < -0.3 is 10.6 Å². The lowest BCUT2D eigenvalue weighted by Crippen LogP contribution is -2.05. The molecule has 5 heteroatoms.